The number of aliphatic hydroxyl groups excluding tert-OH is 2. The minimum absolute atomic E-state index is 0.0121. The highest BCUT2D eigenvalue weighted by Gasteiger charge is 2.14. The average molecular weight is 436 g/mol. The van der Waals surface area contributed by atoms with Crippen LogP contribution in [0.15, 0.2) is 84.4 Å². The van der Waals surface area contributed by atoms with E-state index in [-0.39, 0.29) is 24.4 Å². The number of hydrogen-bond donors (Lipinski definition) is 2. The van der Waals surface area contributed by atoms with Crippen molar-refractivity contribution in [1.82, 2.24) is 0 Å². The summed E-state index contributed by atoms with van der Waals surface area (Å²) >= 11 is 0. The van der Waals surface area contributed by atoms with E-state index in [0.717, 1.165) is 17.1 Å². The maximum absolute atomic E-state index is 9.46. The largest absolute Gasteiger partial charge is 0.491 e. The lowest BCUT2D eigenvalue weighted by Crippen LogP contribution is -2.21. The molecule has 0 aliphatic carbocycles. The van der Waals surface area contributed by atoms with E-state index in [2.05, 4.69) is 0 Å². The Morgan fingerprint density at radius 3 is 1.85 bits per heavy atom. The molecule has 1 unspecified atom stereocenters. The topological polar surface area (TPSA) is 124 Å². The van der Waals surface area contributed by atoms with Gasteiger partial charge in [-0.2, -0.15) is 15.8 Å². The van der Waals surface area contributed by atoms with Gasteiger partial charge >= 0.3 is 0 Å². The lowest BCUT2D eigenvalue weighted by Gasteiger charge is -2.25. The van der Waals surface area contributed by atoms with Crippen LogP contribution in [0, 0.1) is 34.0 Å². The van der Waals surface area contributed by atoms with Crippen LogP contribution in [-0.4, -0.2) is 29.5 Å². The molecule has 0 aliphatic rings. The number of allylic oxidation sites excluding steroid dienone is 2. The van der Waals surface area contributed by atoms with Crippen molar-refractivity contribution in [2.45, 2.75) is 6.10 Å². The molecule has 0 amide bonds. The van der Waals surface area contributed by atoms with Crippen LogP contribution < -0.4 is 9.64 Å². The van der Waals surface area contributed by atoms with Crippen molar-refractivity contribution in [1.29, 1.82) is 15.8 Å². The molecular weight excluding hydrogens is 416 g/mol. The second-order valence-electron chi connectivity index (χ2n) is 6.94. The molecule has 3 aromatic carbocycles. The third-order valence-electron chi connectivity index (χ3n) is 4.76. The quantitative estimate of drug-likeness (QED) is 0.507. The van der Waals surface area contributed by atoms with Crippen molar-refractivity contribution in [2.24, 2.45) is 0 Å². The van der Waals surface area contributed by atoms with E-state index >= 15 is 0 Å². The Kier molecular flexibility index (Phi) is 7.78. The molecule has 0 heterocycles. The van der Waals surface area contributed by atoms with Crippen LogP contribution in [0.1, 0.15) is 5.56 Å². The molecule has 3 aromatic rings. The lowest BCUT2D eigenvalue weighted by atomic mass is 10.0. The Morgan fingerprint density at radius 2 is 1.33 bits per heavy atom. The summed E-state index contributed by atoms with van der Waals surface area (Å²) in [6.07, 6.45) is -0.945. The molecule has 7 heteroatoms. The highest BCUT2D eigenvalue weighted by Crippen LogP contribution is 2.35. The van der Waals surface area contributed by atoms with Crippen LogP contribution in [0.2, 0.25) is 0 Å². The molecule has 0 saturated heterocycles. The van der Waals surface area contributed by atoms with E-state index in [9.17, 15) is 10.4 Å². The van der Waals surface area contributed by atoms with Crippen molar-refractivity contribution in [3.8, 4) is 24.0 Å². The van der Waals surface area contributed by atoms with Crippen LogP contribution in [0.5, 0.6) is 5.75 Å². The maximum Gasteiger partial charge on any atom is 0.148 e. The summed E-state index contributed by atoms with van der Waals surface area (Å²) in [6.45, 7) is -0.384. The number of anilines is 3. The molecule has 33 heavy (non-hydrogen) atoms. The summed E-state index contributed by atoms with van der Waals surface area (Å²) in [6, 6.07) is 29.4. The van der Waals surface area contributed by atoms with E-state index in [1.165, 1.54) is 0 Å². The molecular formula is C26H20N4O3. The van der Waals surface area contributed by atoms with E-state index < -0.39 is 6.10 Å². The maximum atomic E-state index is 9.46. The highest BCUT2D eigenvalue weighted by molar-refractivity contribution is 5.85. The van der Waals surface area contributed by atoms with Gasteiger partial charge in [-0.15, -0.1) is 0 Å². The molecule has 162 valence electrons. The monoisotopic (exact) mass is 436 g/mol. The van der Waals surface area contributed by atoms with Gasteiger partial charge in [0.25, 0.3) is 0 Å². The van der Waals surface area contributed by atoms with Crippen molar-refractivity contribution in [2.75, 3.05) is 18.1 Å². The van der Waals surface area contributed by atoms with Gasteiger partial charge in [-0.1, -0.05) is 30.3 Å². The standard InChI is InChI=1S/C26H20N4O3/c27-14-20(15-28)26(16-29)19-6-8-22(9-7-19)30(21-4-2-1-3-5-21)23-10-12-25(13-11-23)33-18-24(32)17-31/h1-13,24,31-32H,17-18H2. The van der Waals surface area contributed by atoms with Gasteiger partial charge in [0.2, 0.25) is 0 Å². The number of nitriles is 3. The Balaban J connectivity index is 1.97. The van der Waals surface area contributed by atoms with Gasteiger partial charge in [0.15, 0.2) is 0 Å². The van der Waals surface area contributed by atoms with Gasteiger partial charge < -0.3 is 19.8 Å². The normalized spacial score (nSPS) is 10.8. The fraction of sp³-hybridized carbons (Fsp3) is 0.115. The first-order valence-electron chi connectivity index (χ1n) is 10.0. The van der Waals surface area contributed by atoms with E-state index in [1.807, 2.05) is 65.6 Å². The molecule has 0 saturated carbocycles. The van der Waals surface area contributed by atoms with Crippen LogP contribution in [0.3, 0.4) is 0 Å². The predicted molar refractivity (Wildman–Crippen MR) is 123 cm³/mol. The third-order valence-corrected chi connectivity index (χ3v) is 4.76. The summed E-state index contributed by atoms with van der Waals surface area (Å²) in [5, 5.41) is 46.0. The Hall–Kier alpha value is -4.61. The van der Waals surface area contributed by atoms with Gasteiger partial charge in [0.1, 0.15) is 42.2 Å². The minimum Gasteiger partial charge on any atom is -0.491 e. The van der Waals surface area contributed by atoms with Crippen LogP contribution >= 0.6 is 0 Å². The Labute approximate surface area is 191 Å². The predicted octanol–water partition coefficient (Wildman–Crippen LogP) is 4.21. The zero-order chi connectivity index (χ0) is 23.6. The van der Waals surface area contributed by atoms with Gasteiger partial charge in [0.05, 0.1) is 12.2 Å². The van der Waals surface area contributed by atoms with E-state index in [1.54, 1.807) is 36.4 Å². The smallest absolute Gasteiger partial charge is 0.148 e. The van der Waals surface area contributed by atoms with Gasteiger partial charge in [-0.3, -0.25) is 0 Å². The molecule has 3 rings (SSSR count). The second kappa shape index (κ2) is 11.1. The SMILES string of the molecule is N#CC(C#N)=C(C#N)c1ccc(N(c2ccccc2)c2ccc(OCC(O)CO)cc2)cc1. The summed E-state index contributed by atoms with van der Waals surface area (Å²) < 4.78 is 5.49. The Morgan fingerprint density at radius 1 is 0.788 bits per heavy atom. The lowest BCUT2D eigenvalue weighted by molar-refractivity contribution is 0.0536. The first kappa shape index (κ1) is 23.1. The summed E-state index contributed by atoms with van der Waals surface area (Å²) in [5.74, 6) is 0.555. The molecule has 2 N–H and O–H groups in total. The van der Waals surface area contributed by atoms with Crippen LogP contribution in [0.25, 0.3) is 5.57 Å². The fourth-order valence-electron chi connectivity index (χ4n) is 3.14. The average Bonchev–Trinajstić information content (AvgIpc) is 2.88. The van der Waals surface area contributed by atoms with E-state index in [4.69, 9.17) is 20.4 Å². The zero-order valence-corrected chi connectivity index (χ0v) is 17.6. The van der Waals surface area contributed by atoms with Crippen molar-refractivity contribution in [3.05, 3.63) is 90.0 Å². The van der Waals surface area contributed by atoms with Crippen LogP contribution in [0.4, 0.5) is 17.1 Å². The molecule has 0 aliphatic heterocycles. The van der Waals surface area contributed by atoms with Crippen LogP contribution in [-0.2, 0) is 0 Å². The van der Waals surface area contributed by atoms with Gasteiger partial charge in [-0.05, 0) is 54.1 Å². The Bertz CT molecular complexity index is 1220. The molecule has 0 fully saturated rings. The molecule has 0 aromatic heterocycles. The number of benzene rings is 3. The summed E-state index contributed by atoms with van der Waals surface area (Å²) in [5.41, 5.74) is 2.84. The number of rotatable bonds is 8. The summed E-state index contributed by atoms with van der Waals surface area (Å²) in [4.78, 5) is 2.00. The second-order valence-corrected chi connectivity index (χ2v) is 6.94. The van der Waals surface area contributed by atoms with E-state index in [0.29, 0.717) is 11.3 Å². The van der Waals surface area contributed by atoms with Crippen molar-refractivity contribution < 1.29 is 14.9 Å². The van der Waals surface area contributed by atoms with Gasteiger partial charge in [0, 0.05) is 17.1 Å². The minimum atomic E-state index is -0.945. The van der Waals surface area contributed by atoms with Gasteiger partial charge in [-0.25, -0.2) is 0 Å². The molecule has 0 radical (unpaired) electrons. The first-order valence-corrected chi connectivity index (χ1v) is 10.0. The molecule has 0 spiro atoms. The van der Waals surface area contributed by atoms with Crippen molar-refractivity contribution >= 4 is 22.6 Å². The number of para-hydroxylation sites is 1. The van der Waals surface area contributed by atoms with Crippen molar-refractivity contribution in [3.63, 3.8) is 0 Å². The number of nitrogens with zero attached hydrogens (tertiary/aromatic N) is 4. The zero-order valence-electron chi connectivity index (χ0n) is 17.6. The first-order chi connectivity index (χ1) is 16.1. The molecule has 0 bridgehead atoms. The number of aliphatic hydroxyl groups is 2. The fourth-order valence-corrected chi connectivity index (χ4v) is 3.14. The number of hydrogen-bond acceptors (Lipinski definition) is 7. The molecule has 1 atom stereocenters. The summed E-state index contributed by atoms with van der Waals surface area (Å²) in [7, 11) is 0. The third kappa shape index (κ3) is 5.55. The number of ether oxygens (including phenoxy) is 1. The molecule has 7 nitrogen and oxygen atoms in total. The highest BCUT2D eigenvalue weighted by atomic mass is 16.5.